The normalized spacial score (nSPS) is 11.9. The third kappa shape index (κ3) is 2.39. The number of fused-ring (bicyclic) bond motifs is 1. The smallest absolute Gasteiger partial charge is 0.113 e. The van der Waals surface area contributed by atoms with Crippen molar-refractivity contribution >= 4 is 24.3 Å². The predicted octanol–water partition coefficient (Wildman–Crippen LogP) is 3.02. The Kier molecular flexibility index (Phi) is 3.18. The molecule has 20 heavy (non-hydrogen) atoms. The molecule has 3 rings (SSSR count). The summed E-state index contributed by atoms with van der Waals surface area (Å²) in [5, 5.41) is 10.1. The van der Waals surface area contributed by atoms with E-state index in [-0.39, 0.29) is 0 Å². The molecule has 0 N–H and O–H groups in total. The van der Waals surface area contributed by atoms with E-state index in [1.165, 1.54) is 16.3 Å². The summed E-state index contributed by atoms with van der Waals surface area (Å²) in [7, 11) is -1.41. The maximum Gasteiger partial charge on any atom is 0.113 e. The average Bonchev–Trinajstić information content (AvgIpc) is 2.82. The Morgan fingerprint density at radius 3 is 2.40 bits per heavy atom. The maximum atomic E-state index is 4.35. The van der Waals surface area contributed by atoms with E-state index < -0.39 is 8.07 Å². The second-order valence-corrected chi connectivity index (χ2v) is 11.2. The van der Waals surface area contributed by atoms with Gasteiger partial charge in [0.15, 0.2) is 0 Å². The van der Waals surface area contributed by atoms with E-state index >= 15 is 0 Å². The molecule has 0 fully saturated rings. The molecule has 4 heteroatoms. The van der Waals surface area contributed by atoms with Crippen molar-refractivity contribution in [2.24, 2.45) is 0 Å². The van der Waals surface area contributed by atoms with Crippen LogP contribution in [-0.4, -0.2) is 23.1 Å². The third-order valence-corrected chi connectivity index (χ3v) is 5.54. The van der Waals surface area contributed by atoms with E-state index in [0.29, 0.717) is 0 Å². The molecule has 0 aliphatic rings. The van der Waals surface area contributed by atoms with E-state index in [4.69, 9.17) is 0 Å². The highest BCUT2D eigenvalue weighted by atomic mass is 28.3. The van der Waals surface area contributed by atoms with Gasteiger partial charge in [-0.1, -0.05) is 67.3 Å². The van der Waals surface area contributed by atoms with Crippen LogP contribution in [0.4, 0.5) is 0 Å². The van der Waals surface area contributed by atoms with Gasteiger partial charge in [0.05, 0.1) is 20.1 Å². The Balaban J connectivity index is 2.13. The highest BCUT2D eigenvalue weighted by molar-refractivity contribution is 6.90. The zero-order chi connectivity index (χ0) is 14.2. The van der Waals surface area contributed by atoms with Crippen LogP contribution in [0.5, 0.6) is 0 Å². The van der Waals surface area contributed by atoms with Crippen molar-refractivity contribution in [1.82, 2.24) is 15.0 Å². The average molecular weight is 281 g/mol. The molecule has 0 aliphatic heterocycles. The molecule has 0 bridgehead atoms. The van der Waals surface area contributed by atoms with Crippen LogP contribution in [0.25, 0.3) is 11.0 Å². The van der Waals surface area contributed by atoms with Crippen LogP contribution >= 0.6 is 0 Å². The summed E-state index contributed by atoms with van der Waals surface area (Å²) in [5.74, 6) is 0. The number of benzene rings is 2. The molecular weight excluding hydrogens is 262 g/mol. The Bertz CT molecular complexity index is 726. The van der Waals surface area contributed by atoms with E-state index in [9.17, 15) is 0 Å². The summed E-state index contributed by atoms with van der Waals surface area (Å²) in [6, 6.07) is 16.8. The topological polar surface area (TPSA) is 30.7 Å². The van der Waals surface area contributed by atoms with Crippen molar-refractivity contribution in [1.29, 1.82) is 0 Å². The molecule has 1 aromatic heterocycles. The number of hydrogen-bond donors (Lipinski definition) is 0. The van der Waals surface area contributed by atoms with Gasteiger partial charge in [0.25, 0.3) is 0 Å². The monoisotopic (exact) mass is 281 g/mol. The minimum atomic E-state index is -1.41. The van der Waals surface area contributed by atoms with Crippen LogP contribution in [0.1, 0.15) is 5.56 Å². The standard InChI is InChI=1S/C16H19N3Si/c1-20(2,3)15-11-7-10-14-16(15)19(18-17-14)12-13-8-5-4-6-9-13/h4-11H,12H2,1-3H3. The fourth-order valence-corrected chi connectivity index (χ4v) is 4.07. The number of rotatable bonds is 3. The van der Waals surface area contributed by atoms with Gasteiger partial charge in [-0.25, -0.2) is 4.68 Å². The summed E-state index contributed by atoms with van der Waals surface area (Å²) in [5.41, 5.74) is 3.46. The van der Waals surface area contributed by atoms with Crippen molar-refractivity contribution < 1.29 is 0 Å². The van der Waals surface area contributed by atoms with E-state index in [2.05, 4.69) is 66.4 Å². The zero-order valence-electron chi connectivity index (χ0n) is 12.2. The van der Waals surface area contributed by atoms with Gasteiger partial charge in [0.1, 0.15) is 5.52 Å². The van der Waals surface area contributed by atoms with Crippen molar-refractivity contribution in [3.63, 3.8) is 0 Å². The van der Waals surface area contributed by atoms with Gasteiger partial charge >= 0.3 is 0 Å². The first-order chi connectivity index (χ1) is 9.55. The molecule has 0 spiro atoms. The molecule has 0 aliphatic carbocycles. The van der Waals surface area contributed by atoms with Crippen LogP contribution in [-0.2, 0) is 6.54 Å². The lowest BCUT2D eigenvalue weighted by Gasteiger charge is -2.18. The van der Waals surface area contributed by atoms with E-state index in [0.717, 1.165) is 12.1 Å². The minimum Gasteiger partial charge on any atom is -0.240 e. The van der Waals surface area contributed by atoms with Crippen molar-refractivity contribution in [3.8, 4) is 0 Å². The third-order valence-electron chi connectivity index (χ3n) is 3.52. The molecule has 0 saturated heterocycles. The second kappa shape index (κ2) is 4.87. The fourth-order valence-electron chi connectivity index (χ4n) is 2.50. The SMILES string of the molecule is C[Si](C)(C)c1cccc2nnn(Cc3ccccc3)c12. The van der Waals surface area contributed by atoms with Crippen LogP contribution in [0.3, 0.4) is 0 Å². The van der Waals surface area contributed by atoms with Crippen molar-refractivity contribution in [3.05, 3.63) is 54.1 Å². The van der Waals surface area contributed by atoms with E-state index in [1.54, 1.807) is 0 Å². The first kappa shape index (κ1) is 13.1. The molecule has 3 nitrogen and oxygen atoms in total. The second-order valence-electron chi connectivity index (χ2n) is 6.16. The maximum absolute atomic E-state index is 4.35. The van der Waals surface area contributed by atoms with Crippen molar-refractivity contribution in [2.45, 2.75) is 26.2 Å². The molecule has 3 aromatic rings. The first-order valence-corrected chi connectivity index (χ1v) is 10.4. The van der Waals surface area contributed by atoms with Gasteiger partial charge in [-0.05, 0) is 16.8 Å². The van der Waals surface area contributed by atoms with Gasteiger partial charge in [0.2, 0.25) is 0 Å². The Hall–Kier alpha value is -1.94. The van der Waals surface area contributed by atoms with Crippen LogP contribution in [0.2, 0.25) is 19.6 Å². The number of para-hydroxylation sites is 1. The molecule has 1 heterocycles. The molecule has 0 amide bonds. The summed E-state index contributed by atoms with van der Waals surface area (Å²) in [6.07, 6.45) is 0. The fraction of sp³-hybridized carbons (Fsp3) is 0.250. The Labute approximate surface area is 120 Å². The minimum absolute atomic E-state index is 0.777. The molecule has 102 valence electrons. The molecule has 0 atom stereocenters. The lowest BCUT2D eigenvalue weighted by atomic mass is 10.2. The predicted molar refractivity (Wildman–Crippen MR) is 86.1 cm³/mol. The van der Waals surface area contributed by atoms with Crippen LogP contribution < -0.4 is 5.19 Å². The Morgan fingerprint density at radius 2 is 1.70 bits per heavy atom. The van der Waals surface area contributed by atoms with Gasteiger partial charge in [-0.15, -0.1) is 5.10 Å². The lowest BCUT2D eigenvalue weighted by Crippen LogP contribution is -2.39. The van der Waals surface area contributed by atoms with Gasteiger partial charge in [-0.2, -0.15) is 0 Å². The van der Waals surface area contributed by atoms with Crippen LogP contribution in [0, 0.1) is 0 Å². The molecule has 2 aromatic carbocycles. The molecule has 0 radical (unpaired) electrons. The summed E-state index contributed by atoms with van der Waals surface area (Å²) in [6.45, 7) is 7.86. The summed E-state index contributed by atoms with van der Waals surface area (Å²) in [4.78, 5) is 0. The van der Waals surface area contributed by atoms with E-state index in [1.807, 2.05) is 16.8 Å². The largest absolute Gasteiger partial charge is 0.240 e. The highest BCUT2D eigenvalue weighted by Crippen LogP contribution is 2.15. The summed E-state index contributed by atoms with van der Waals surface area (Å²) >= 11 is 0. The molecule has 0 saturated carbocycles. The van der Waals surface area contributed by atoms with Gasteiger partial charge < -0.3 is 0 Å². The number of nitrogens with zero attached hydrogens (tertiary/aromatic N) is 3. The molecule has 0 unspecified atom stereocenters. The van der Waals surface area contributed by atoms with Gasteiger partial charge in [-0.3, -0.25) is 0 Å². The quantitative estimate of drug-likeness (QED) is 0.691. The first-order valence-electron chi connectivity index (χ1n) is 6.92. The highest BCUT2D eigenvalue weighted by Gasteiger charge is 2.22. The number of aromatic nitrogens is 3. The molecular formula is C16H19N3Si. The lowest BCUT2D eigenvalue weighted by molar-refractivity contribution is 0.670. The van der Waals surface area contributed by atoms with Gasteiger partial charge in [0, 0.05) is 0 Å². The number of hydrogen-bond acceptors (Lipinski definition) is 2. The zero-order valence-corrected chi connectivity index (χ0v) is 13.2. The summed E-state index contributed by atoms with van der Waals surface area (Å²) < 4.78 is 2.04. The Morgan fingerprint density at radius 1 is 0.950 bits per heavy atom. The van der Waals surface area contributed by atoms with Crippen molar-refractivity contribution in [2.75, 3.05) is 0 Å². The van der Waals surface area contributed by atoms with Crippen LogP contribution in [0.15, 0.2) is 48.5 Å².